The molecule has 0 spiro atoms. The molecule has 248 valence electrons. The van der Waals surface area contributed by atoms with Crippen LogP contribution < -0.4 is 5.32 Å². The van der Waals surface area contributed by atoms with Gasteiger partial charge in [0.15, 0.2) is 6.29 Å². The molecule has 2 heterocycles. The van der Waals surface area contributed by atoms with E-state index in [9.17, 15) is 10.2 Å². The van der Waals surface area contributed by atoms with Gasteiger partial charge in [-0.2, -0.15) is 5.10 Å². The fourth-order valence-corrected chi connectivity index (χ4v) is 9.60. The number of hydrazone groups is 1. The maximum absolute atomic E-state index is 10.4. The standard InChI is InChI=1S/C39H60N4O2/c1-3-43-38(33(26-40-43)19-16-29-10-6-4-7-11-29)32-20-22-42(23-21-32)27-34-24-35(25-36(34)30-17-14-28(2)15-18-30)41-37(39(44)45)31-12-8-5-9-13-31/h4,6-7,10-11,14,17-18,26,28,31-39,41,44-45H,3,5,8-9,12-13,15-16,19-25,27H2,1-2H3/t28?,33?,34-,35?,36-,37?,38?/m1/s1. The summed E-state index contributed by atoms with van der Waals surface area (Å²) in [6.07, 6.45) is 22.4. The van der Waals surface area contributed by atoms with Gasteiger partial charge in [-0.05, 0) is 119 Å². The minimum atomic E-state index is -1.28. The number of nitrogens with zero attached hydrogens (tertiary/aromatic N) is 3. The zero-order chi connectivity index (χ0) is 31.2. The summed E-state index contributed by atoms with van der Waals surface area (Å²) in [7, 11) is 0. The topological polar surface area (TPSA) is 71.3 Å². The second-order valence-electron chi connectivity index (χ2n) is 15.2. The lowest BCUT2D eigenvalue weighted by atomic mass is 9.80. The van der Waals surface area contributed by atoms with E-state index in [-0.39, 0.29) is 6.04 Å². The van der Waals surface area contributed by atoms with Gasteiger partial charge in [0.1, 0.15) is 0 Å². The lowest BCUT2D eigenvalue weighted by Crippen LogP contribution is -2.50. The highest BCUT2D eigenvalue weighted by molar-refractivity contribution is 5.63. The van der Waals surface area contributed by atoms with Crippen LogP contribution in [0.5, 0.6) is 0 Å². The molecule has 6 nitrogen and oxygen atoms in total. The lowest BCUT2D eigenvalue weighted by molar-refractivity contribution is -0.0870. The first kappa shape index (κ1) is 32.9. The summed E-state index contributed by atoms with van der Waals surface area (Å²) in [5.41, 5.74) is 2.96. The van der Waals surface area contributed by atoms with Gasteiger partial charge in [0.2, 0.25) is 0 Å². The molecule has 1 aromatic carbocycles. The smallest absolute Gasteiger partial charge is 0.167 e. The van der Waals surface area contributed by atoms with Crippen LogP contribution in [0.3, 0.4) is 0 Å². The number of piperidine rings is 1. The molecule has 0 amide bonds. The molecule has 45 heavy (non-hydrogen) atoms. The molecule has 5 aliphatic rings. The number of likely N-dealkylation sites (tertiary alicyclic amines) is 1. The number of hydrogen-bond donors (Lipinski definition) is 3. The van der Waals surface area contributed by atoms with Crippen molar-refractivity contribution in [3.05, 3.63) is 59.7 Å². The summed E-state index contributed by atoms with van der Waals surface area (Å²) in [5, 5.41) is 31.9. The molecule has 1 saturated heterocycles. The molecule has 7 atom stereocenters. The van der Waals surface area contributed by atoms with E-state index in [1.807, 2.05) is 0 Å². The Balaban J connectivity index is 1.07. The van der Waals surface area contributed by atoms with Gasteiger partial charge in [-0.25, -0.2) is 0 Å². The van der Waals surface area contributed by atoms with Crippen molar-refractivity contribution in [3.8, 4) is 0 Å². The largest absolute Gasteiger partial charge is 0.367 e. The van der Waals surface area contributed by atoms with Crippen molar-refractivity contribution in [3.63, 3.8) is 0 Å². The SMILES string of the molecule is CCN1N=CC(CCc2ccccc2)C1C1CCN(C[C@H]2CC(NC(C(O)O)C3CCCCC3)C[C@@H]2C2=CCC(C)C=C2)CC1. The normalized spacial score (nSPS) is 32.5. The number of benzene rings is 1. The van der Waals surface area contributed by atoms with Crippen LogP contribution in [0, 0.1) is 35.5 Å². The maximum Gasteiger partial charge on any atom is 0.167 e. The summed E-state index contributed by atoms with van der Waals surface area (Å²) < 4.78 is 0. The summed E-state index contributed by atoms with van der Waals surface area (Å²) in [6, 6.07) is 11.6. The lowest BCUT2D eigenvalue weighted by Gasteiger charge is -2.41. The molecule has 0 radical (unpaired) electrons. The van der Waals surface area contributed by atoms with Gasteiger partial charge in [-0.1, -0.05) is 74.7 Å². The molecule has 2 aliphatic heterocycles. The minimum Gasteiger partial charge on any atom is -0.367 e. The van der Waals surface area contributed by atoms with E-state index >= 15 is 0 Å². The summed E-state index contributed by atoms with van der Waals surface area (Å²) >= 11 is 0. The second-order valence-corrected chi connectivity index (χ2v) is 15.2. The third kappa shape index (κ3) is 8.30. The van der Waals surface area contributed by atoms with Crippen molar-refractivity contribution < 1.29 is 10.2 Å². The third-order valence-corrected chi connectivity index (χ3v) is 12.1. The van der Waals surface area contributed by atoms with Crippen LogP contribution in [0.4, 0.5) is 0 Å². The molecule has 1 aromatic rings. The van der Waals surface area contributed by atoms with E-state index in [0.717, 1.165) is 51.6 Å². The number of hydrogen-bond acceptors (Lipinski definition) is 6. The Bertz CT molecular complexity index is 1140. The van der Waals surface area contributed by atoms with Crippen molar-refractivity contribution in [1.82, 2.24) is 15.2 Å². The van der Waals surface area contributed by atoms with Crippen LogP contribution in [0.2, 0.25) is 0 Å². The Kier molecular flexibility index (Phi) is 11.5. The molecule has 6 heteroatoms. The van der Waals surface area contributed by atoms with Crippen LogP contribution in [-0.4, -0.2) is 76.9 Å². The predicted molar refractivity (Wildman–Crippen MR) is 185 cm³/mol. The monoisotopic (exact) mass is 616 g/mol. The highest BCUT2D eigenvalue weighted by Crippen LogP contribution is 2.42. The van der Waals surface area contributed by atoms with E-state index in [0.29, 0.717) is 47.6 Å². The van der Waals surface area contributed by atoms with Crippen molar-refractivity contribution >= 4 is 6.21 Å². The van der Waals surface area contributed by atoms with E-state index in [4.69, 9.17) is 5.10 Å². The average Bonchev–Trinajstić information content (AvgIpc) is 3.67. The number of aliphatic hydroxyl groups excluding tert-OH is 1. The number of aliphatic hydroxyl groups is 2. The van der Waals surface area contributed by atoms with Crippen molar-refractivity contribution in [1.29, 1.82) is 0 Å². The summed E-state index contributed by atoms with van der Waals surface area (Å²) in [5.74, 6) is 3.40. The van der Waals surface area contributed by atoms with Gasteiger partial charge in [-0.15, -0.1) is 0 Å². The summed E-state index contributed by atoms with van der Waals surface area (Å²) in [4.78, 5) is 2.76. The first-order valence-corrected chi connectivity index (χ1v) is 18.6. The molecule has 3 N–H and O–H groups in total. The highest BCUT2D eigenvalue weighted by atomic mass is 16.5. The van der Waals surface area contributed by atoms with Crippen LogP contribution in [0.1, 0.15) is 90.0 Å². The van der Waals surface area contributed by atoms with Crippen molar-refractivity contribution in [2.75, 3.05) is 26.2 Å². The first-order chi connectivity index (χ1) is 22.0. The van der Waals surface area contributed by atoms with E-state index in [1.54, 1.807) is 0 Å². The number of allylic oxidation sites excluding steroid dienone is 4. The Morgan fingerprint density at radius 2 is 1.78 bits per heavy atom. The van der Waals surface area contributed by atoms with Gasteiger partial charge >= 0.3 is 0 Å². The van der Waals surface area contributed by atoms with Gasteiger partial charge in [0.05, 0.1) is 12.1 Å². The Morgan fingerprint density at radius 3 is 2.47 bits per heavy atom. The van der Waals surface area contributed by atoms with Crippen molar-refractivity contribution in [2.45, 2.75) is 115 Å². The first-order valence-electron chi connectivity index (χ1n) is 18.6. The minimum absolute atomic E-state index is 0.202. The Labute approximate surface area is 273 Å². The van der Waals surface area contributed by atoms with Crippen LogP contribution in [0.25, 0.3) is 0 Å². The van der Waals surface area contributed by atoms with E-state index in [1.165, 1.54) is 62.8 Å². The van der Waals surface area contributed by atoms with Crippen molar-refractivity contribution in [2.24, 2.45) is 40.6 Å². The van der Waals surface area contributed by atoms with Gasteiger partial charge in [0, 0.05) is 31.3 Å². The third-order valence-electron chi connectivity index (χ3n) is 12.1. The molecular formula is C39H60N4O2. The molecule has 3 fully saturated rings. The molecular weight excluding hydrogens is 556 g/mol. The summed E-state index contributed by atoms with van der Waals surface area (Å²) in [6.45, 7) is 9.07. The molecule has 0 bridgehead atoms. The quantitative estimate of drug-likeness (QED) is 0.237. The zero-order valence-electron chi connectivity index (χ0n) is 28.0. The van der Waals surface area contributed by atoms with E-state index in [2.05, 4.69) is 83.8 Å². The maximum atomic E-state index is 10.4. The van der Waals surface area contributed by atoms with Crippen LogP contribution in [0.15, 0.2) is 59.2 Å². The second kappa shape index (κ2) is 15.7. The van der Waals surface area contributed by atoms with E-state index < -0.39 is 6.29 Å². The average molecular weight is 617 g/mol. The van der Waals surface area contributed by atoms with Gasteiger partial charge in [-0.3, -0.25) is 5.01 Å². The molecule has 3 aliphatic carbocycles. The fraction of sp³-hybridized carbons (Fsp3) is 0.718. The number of nitrogens with one attached hydrogen (secondary N) is 1. The van der Waals surface area contributed by atoms with Gasteiger partial charge in [0.25, 0.3) is 0 Å². The Morgan fingerprint density at radius 1 is 1.00 bits per heavy atom. The zero-order valence-corrected chi connectivity index (χ0v) is 28.0. The molecule has 2 saturated carbocycles. The molecule has 6 rings (SSSR count). The highest BCUT2D eigenvalue weighted by Gasteiger charge is 2.42. The van der Waals surface area contributed by atoms with Crippen LogP contribution in [-0.2, 0) is 6.42 Å². The fourth-order valence-electron chi connectivity index (χ4n) is 9.60. The van der Waals surface area contributed by atoms with Crippen LogP contribution >= 0.6 is 0 Å². The van der Waals surface area contributed by atoms with Gasteiger partial charge < -0.3 is 20.4 Å². The molecule has 0 aromatic heterocycles. The number of aryl methyl sites for hydroxylation is 1. The molecule has 5 unspecified atom stereocenters. The predicted octanol–water partition coefficient (Wildman–Crippen LogP) is 6.40. The number of rotatable bonds is 12. The Hall–Kier alpha value is -1.99.